The van der Waals surface area contributed by atoms with E-state index >= 15 is 0 Å². The summed E-state index contributed by atoms with van der Waals surface area (Å²) in [5.74, 6) is 0.770. The Morgan fingerprint density at radius 1 is 1.27 bits per heavy atom. The molecule has 0 saturated carbocycles. The molecular formula is C13H27NO. The van der Waals surface area contributed by atoms with Crippen LogP contribution in [0.3, 0.4) is 0 Å². The molecule has 2 heteroatoms. The quantitative estimate of drug-likeness (QED) is 0.626. The fourth-order valence-electron chi connectivity index (χ4n) is 2.43. The molecule has 1 N–H and O–H groups in total. The third-order valence-electron chi connectivity index (χ3n) is 3.37. The van der Waals surface area contributed by atoms with Gasteiger partial charge in [-0.25, -0.2) is 0 Å². The minimum absolute atomic E-state index is 0.703. The summed E-state index contributed by atoms with van der Waals surface area (Å²) in [5, 5.41) is 3.62. The van der Waals surface area contributed by atoms with Gasteiger partial charge in [0.2, 0.25) is 0 Å². The van der Waals surface area contributed by atoms with Crippen molar-refractivity contribution in [3.63, 3.8) is 0 Å². The van der Waals surface area contributed by atoms with Crippen molar-refractivity contribution in [1.82, 2.24) is 5.32 Å². The van der Waals surface area contributed by atoms with Gasteiger partial charge in [-0.15, -0.1) is 0 Å². The van der Waals surface area contributed by atoms with Crippen LogP contribution in [0.1, 0.15) is 52.4 Å². The SMILES string of the molecule is CCCCCCC(NCC)C1CCOC1. The van der Waals surface area contributed by atoms with E-state index in [1.807, 2.05) is 0 Å². The molecule has 0 spiro atoms. The molecule has 2 nitrogen and oxygen atoms in total. The van der Waals surface area contributed by atoms with Crippen molar-refractivity contribution in [2.75, 3.05) is 19.8 Å². The van der Waals surface area contributed by atoms with Gasteiger partial charge in [0.15, 0.2) is 0 Å². The summed E-state index contributed by atoms with van der Waals surface area (Å²) in [7, 11) is 0. The minimum Gasteiger partial charge on any atom is -0.381 e. The Labute approximate surface area is 94.8 Å². The zero-order chi connectivity index (χ0) is 10.9. The highest BCUT2D eigenvalue weighted by atomic mass is 16.5. The Balaban J connectivity index is 2.17. The molecule has 0 aromatic rings. The van der Waals surface area contributed by atoms with Crippen molar-refractivity contribution in [3.8, 4) is 0 Å². The topological polar surface area (TPSA) is 21.3 Å². The molecule has 1 fully saturated rings. The van der Waals surface area contributed by atoms with Gasteiger partial charge in [-0.3, -0.25) is 0 Å². The van der Waals surface area contributed by atoms with E-state index in [9.17, 15) is 0 Å². The molecule has 1 rings (SSSR count). The monoisotopic (exact) mass is 213 g/mol. The van der Waals surface area contributed by atoms with Gasteiger partial charge >= 0.3 is 0 Å². The van der Waals surface area contributed by atoms with Crippen molar-refractivity contribution >= 4 is 0 Å². The van der Waals surface area contributed by atoms with Crippen LogP contribution in [0.2, 0.25) is 0 Å². The van der Waals surface area contributed by atoms with E-state index in [4.69, 9.17) is 4.74 Å². The third kappa shape index (κ3) is 4.98. The van der Waals surface area contributed by atoms with Gasteiger partial charge < -0.3 is 10.1 Å². The molecule has 0 aromatic carbocycles. The van der Waals surface area contributed by atoms with Gasteiger partial charge in [0.1, 0.15) is 0 Å². The fourth-order valence-corrected chi connectivity index (χ4v) is 2.43. The first kappa shape index (κ1) is 13.0. The molecule has 1 aliphatic rings. The highest BCUT2D eigenvalue weighted by Gasteiger charge is 2.24. The van der Waals surface area contributed by atoms with Crippen molar-refractivity contribution < 1.29 is 4.74 Å². The smallest absolute Gasteiger partial charge is 0.0510 e. The Hall–Kier alpha value is -0.0800. The maximum absolute atomic E-state index is 5.47. The zero-order valence-electron chi connectivity index (χ0n) is 10.4. The first-order valence-electron chi connectivity index (χ1n) is 6.69. The van der Waals surface area contributed by atoms with Crippen molar-refractivity contribution in [3.05, 3.63) is 0 Å². The van der Waals surface area contributed by atoms with Crippen LogP contribution in [0.5, 0.6) is 0 Å². The second kappa shape index (κ2) is 8.12. The van der Waals surface area contributed by atoms with E-state index in [1.54, 1.807) is 0 Å². The lowest BCUT2D eigenvalue weighted by atomic mass is 9.94. The number of hydrogen-bond donors (Lipinski definition) is 1. The molecule has 0 amide bonds. The summed E-state index contributed by atoms with van der Waals surface area (Å²) < 4.78 is 5.47. The van der Waals surface area contributed by atoms with Gasteiger partial charge in [0.05, 0.1) is 6.61 Å². The number of ether oxygens (including phenoxy) is 1. The molecule has 1 saturated heterocycles. The van der Waals surface area contributed by atoms with Crippen LogP contribution in [-0.2, 0) is 4.74 Å². The molecule has 2 unspecified atom stereocenters. The Morgan fingerprint density at radius 2 is 2.13 bits per heavy atom. The summed E-state index contributed by atoms with van der Waals surface area (Å²) in [5.41, 5.74) is 0. The van der Waals surface area contributed by atoms with Crippen molar-refractivity contribution in [1.29, 1.82) is 0 Å². The summed E-state index contributed by atoms with van der Waals surface area (Å²) in [4.78, 5) is 0. The highest BCUT2D eigenvalue weighted by molar-refractivity contribution is 4.78. The van der Waals surface area contributed by atoms with Crippen LogP contribution >= 0.6 is 0 Å². The molecule has 0 aliphatic carbocycles. The summed E-state index contributed by atoms with van der Waals surface area (Å²) in [6.07, 6.45) is 8.08. The third-order valence-corrected chi connectivity index (χ3v) is 3.37. The lowest BCUT2D eigenvalue weighted by Gasteiger charge is -2.23. The van der Waals surface area contributed by atoms with E-state index < -0.39 is 0 Å². The van der Waals surface area contributed by atoms with Crippen LogP contribution in [0.4, 0.5) is 0 Å². The normalized spacial score (nSPS) is 23.2. The number of hydrogen-bond acceptors (Lipinski definition) is 2. The van der Waals surface area contributed by atoms with Gasteiger partial charge in [-0.05, 0) is 25.3 Å². The second-order valence-corrected chi connectivity index (χ2v) is 4.64. The largest absolute Gasteiger partial charge is 0.381 e. The standard InChI is InChI=1S/C13H27NO/c1-3-5-6-7-8-13(14-4-2)12-9-10-15-11-12/h12-14H,3-11H2,1-2H3. The molecule has 1 heterocycles. The molecule has 0 bridgehead atoms. The molecule has 0 aromatic heterocycles. The Bertz CT molecular complexity index is 143. The van der Waals surface area contributed by atoms with Crippen LogP contribution in [0.15, 0.2) is 0 Å². The minimum atomic E-state index is 0.703. The van der Waals surface area contributed by atoms with E-state index in [-0.39, 0.29) is 0 Å². The second-order valence-electron chi connectivity index (χ2n) is 4.64. The average molecular weight is 213 g/mol. The average Bonchev–Trinajstić information content (AvgIpc) is 2.76. The van der Waals surface area contributed by atoms with E-state index in [0.29, 0.717) is 6.04 Å². The number of rotatable bonds is 8. The lowest BCUT2D eigenvalue weighted by Crippen LogP contribution is -2.36. The molecule has 90 valence electrons. The van der Waals surface area contributed by atoms with Crippen LogP contribution < -0.4 is 5.32 Å². The zero-order valence-corrected chi connectivity index (χ0v) is 10.4. The van der Waals surface area contributed by atoms with Crippen molar-refractivity contribution in [2.24, 2.45) is 5.92 Å². The molecule has 15 heavy (non-hydrogen) atoms. The predicted octanol–water partition coefficient (Wildman–Crippen LogP) is 2.97. The van der Waals surface area contributed by atoms with Gasteiger partial charge in [-0.2, -0.15) is 0 Å². The molecule has 2 atom stereocenters. The molecular weight excluding hydrogens is 186 g/mol. The van der Waals surface area contributed by atoms with Crippen LogP contribution in [-0.4, -0.2) is 25.8 Å². The summed E-state index contributed by atoms with van der Waals surface area (Å²) >= 11 is 0. The Morgan fingerprint density at radius 3 is 2.73 bits per heavy atom. The number of nitrogens with one attached hydrogen (secondary N) is 1. The summed E-state index contributed by atoms with van der Waals surface area (Å²) in [6, 6.07) is 0.703. The van der Waals surface area contributed by atoms with E-state index in [2.05, 4.69) is 19.2 Å². The first-order valence-corrected chi connectivity index (χ1v) is 6.69. The fraction of sp³-hybridized carbons (Fsp3) is 1.00. The maximum Gasteiger partial charge on any atom is 0.0510 e. The predicted molar refractivity (Wildman–Crippen MR) is 65.1 cm³/mol. The molecule has 0 radical (unpaired) electrons. The van der Waals surface area contributed by atoms with Crippen LogP contribution in [0.25, 0.3) is 0 Å². The molecule has 1 aliphatic heterocycles. The Kier molecular flexibility index (Phi) is 7.03. The summed E-state index contributed by atoms with van der Waals surface area (Å²) in [6.45, 7) is 7.52. The van der Waals surface area contributed by atoms with Crippen LogP contribution in [0, 0.1) is 5.92 Å². The van der Waals surface area contributed by atoms with Gasteiger partial charge in [-0.1, -0.05) is 39.5 Å². The van der Waals surface area contributed by atoms with Crippen molar-refractivity contribution in [2.45, 2.75) is 58.4 Å². The maximum atomic E-state index is 5.47. The number of unbranched alkanes of at least 4 members (excludes halogenated alkanes) is 3. The lowest BCUT2D eigenvalue weighted by molar-refractivity contribution is 0.175. The van der Waals surface area contributed by atoms with E-state index in [0.717, 1.165) is 25.7 Å². The highest BCUT2D eigenvalue weighted by Crippen LogP contribution is 2.20. The first-order chi connectivity index (χ1) is 7.38. The van der Waals surface area contributed by atoms with E-state index in [1.165, 1.54) is 38.5 Å². The van der Waals surface area contributed by atoms with Gasteiger partial charge in [0.25, 0.3) is 0 Å². The van der Waals surface area contributed by atoms with Gasteiger partial charge in [0, 0.05) is 12.6 Å².